The van der Waals surface area contributed by atoms with Crippen LogP contribution in [0.25, 0.3) is 11.2 Å². The van der Waals surface area contributed by atoms with Gasteiger partial charge in [0.2, 0.25) is 11.9 Å². The number of ether oxygens (including phenoxy) is 1. The molecule has 0 atom stereocenters. The zero-order valence-electron chi connectivity index (χ0n) is 19.8. The second-order valence-corrected chi connectivity index (χ2v) is 8.87. The van der Waals surface area contributed by atoms with Crippen LogP contribution in [0.1, 0.15) is 33.4 Å². The van der Waals surface area contributed by atoms with Crippen molar-refractivity contribution >= 4 is 34.7 Å². The average molecular weight is 467 g/mol. The SMILES string of the molecule is CC(=O)Nc1cc(Oc2cnc3nc(Nc4cc(C(C)(C)C)n(CCF)n4)n(C)c3c2)ccn1. The van der Waals surface area contributed by atoms with Crippen molar-refractivity contribution in [3.63, 3.8) is 0 Å². The van der Waals surface area contributed by atoms with Crippen LogP contribution in [0.5, 0.6) is 11.5 Å². The molecular formula is C23H27FN8O2. The fraction of sp³-hybridized carbons (Fsp3) is 0.348. The zero-order valence-corrected chi connectivity index (χ0v) is 19.8. The summed E-state index contributed by atoms with van der Waals surface area (Å²) in [5.74, 6) is 2.31. The molecule has 4 aromatic rings. The van der Waals surface area contributed by atoms with Crippen molar-refractivity contribution in [3.8, 4) is 11.5 Å². The van der Waals surface area contributed by atoms with E-state index >= 15 is 0 Å². The first-order valence-corrected chi connectivity index (χ1v) is 10.8. The van der Waals surface area contributed by atoms with Crippen LogP contribution >= 0.6 is 0 Å². The normalized spacial score (nSPS) is 11.6. The number of hydrogen-bond acceptors (Lipinski definition) is 7. The van der Waals surface area contributed by atoms with Crippen LogP contribution in [0.2, 0.25) is 0 Å². The number of nitrogens with zero attached hydrogens (tertiary/aromatic N) is 6. The fourth-order valence-corrected chi connectivity index (χ4v) is 3.52. The number of pyridine rings is 2. The number of aromatic nitrogens is 6. The summed E-state index contributed by atoms with van der Waals surface area (Å²) < 4.78 is 22.4. The Hall–Kier alpha value is -4.02. The summed E-state index contributed by atoms with van der Waals surface area (Å²) in [5.41, 5.74) is 2.02. The van der Waals surface area contributed by atoms with Crippen LogP contribution in [0.3, 0.4) is 0 Å². The van der Waals surface area contributed by atoms with Crippen LogP contribution < -0.4 is 15.4 Å². The highest BCUT2D eigenvalue weighted by Crippen LogP contribution is 2.29. The highest BCUT2D eigenvalue weighted by atomic mass is 19.1. The van der Waals surface area contributed by atoms with Gasteiger partial charge >= 0.3 is 0 Å². The molecule has 0 saturated carbocycles. The summed E-state index contributed by atoms with van der Waals surface area (Å²) in [7, 11) is 1.85. The number of nitrogens with one attached hydrogen (secondary N) is 2. The molecule has 11 heteroatoms. The Balaban J connectivity index is 1.59. The lowest BCUT2D eigenvalue weighted by Gasteiger charge is -2.19. The number of fused-ring (bicyclic) bond motifs is 1. The minimum Gasteiger partial charge on any atom is -0.455 e. The molecule has 1 amide bonds. The predicted molar refractivity (Wildman–Crippen MR) is 127 cm³/mol. The van der Waals surface area contributed by atoms with Gasteiger partial charge in [0.15, 0.2) is 11.5 Å². The Morgan fingerprint density at radius 3 is 2.65 bits per heavy atom. The molecule has 0 aromatic carbocycles. The number of carbonyl (C=O) groups is 1. The van der Waals surface area contributed by atoms with E-state index in [4.69, 9.17) is 4.74 Å². The Bertz CT molecular complexity index is 1340. The van der Waals surface area contributed by atoms with Gasteiger partial charge in [0.1, 0.15) is 24.0 Å². The molecule has 4 heterocycles. The lowest BCUT2D eigenvalue weighted by atomic mass is 9.92. The smallest absolute Gasteiger partial charge is 0.222 e. The minimum absolute atomic E-state index is 0.186. The molecule has 10 nitrogen and oxygen atoms in total. The van der Waals surface area contributed by atoms with Crippen molar-refractivity contribution in [2.75, 3.05) is 17.3 Å². The topological polar surface area (TPSA) is 112 Å². The van der Waals surface area contributed by atoms with Crippen molar-refractivity contribution in [3.05, 3.63) is 42.4 Å². The molecule has 0 spiro atoms. The van der Waals surface area contributed by atoms with E-state index in [0.717, 1.165) is 11.2 Å². The van der Waals surface area contributed by atoms with Crippen molar-refractivity contribution < 1.29 is 13.9 Å². The molecule has 0 fully saturated rings. The van der Waals surface area contributed by atoms with Crippen LogP contribution in [-0.4, -0.2) is 41.9 Å². The molecule has 4 aromatic heterocycles. The summed E-state index contributed by atoms with van der Waals surface area (Å²) in [5, 5.41) is 10.3. The molecule has 0 saturated heterocycles. The number of imidazole rings is 1. The van der Waals surface area contributed by atoms with E-state index in [2.05, 4.69) is 51.5 Å². The fourth-order valence-electron chi connectivity index (χ4n) is 3.52. The lowest BCUT2D eigenvalue weighted by Crippen LogP contribution is -2.19. The van der Waals surface area contributed by atoms with Gasteiger partial charge in [-0.3, -0.25) is 9.48 Å². The summed E-state index contributed by atoms with van der Waals surface area (Å²) in [6.45, 7) is 7.29. The monoisotopic (exact) mass is 466 g/mol. The van der Waals surface area contributed by atoms with Crippen LogP contribution in [0.15, 0.2) is 36.7 Å². The maximum atomic E-state index is 13.0. The van der Waals surface area contributed by atoms with E-state index in [-0.39, 0.29) is 17.9 Å². The summed E-state index contributed by atoms with van der Waals surface area (Å²) in [6.07, 6.45) is 3.12. The molecule has 0 aliphatic rings. The highest BCUT2D eigenvalue weighted by molar-refractivity contribution is 5.87. The van der Waals surface area contributed by atoms with E-state index in [0.29, 0.717) is 34.7 Å². The third kappa shape index (κ3) is 4.98. The van der Waals surface area contributed by atoms with Crippen molar-refractivity contribution in [1.82, 2.24) is 29.3 Å². The van der Waals surface area contributed by atoms with E-state index in [1.54, 1.807) is 29.2 Å². The standard InChI is InChI=1S/C23H27FN8O2/c1-14(33)27-19-11-15(6-8-25-19)34-16-10-17-21(26-13-16)29-22(31(17)5)28-20-12-18(23(2,3)4)32(30-20)9-7-24/h6,8,10-13H,7,9H2,1-5H3,(H,25,27,33)(H,26,28,29,30). The van der Waals surface area contributed by atoms with Crippen molar-refractivity contribution in [2.24, 2.45) is 7.05 Å². The Morgan fingerprint density at radius 1 is 1.15 bits per heavy atom. The maximum Gasteiger partial charge on any atom is 0.222 e. The number of carbonyl (C=O) groups excluding carboxylic acids is 1. The quantitative estimate of drug-likeness (QED) is 0.417. The summed E-state index contributed by atoms with van der Waals surface area (Å²) in [4.78, 5) is 24.3. The Kier molecular flexibility index (Phi) is 6.18. The predicted octanol–water partition coefficient (Wildman–Crippen LogP) is 4.32. The van der Waals surface area contributed by atoms with Gasteiger partial charge in [-0.2, -0.15) is 10.1 Å². The molecule has 2 N–H and O–H groups in total. The van der Waals surface area contributed by atoms with Gasteiger partial charge in [-0.15, -0.1) is 0 Å². The minimum atomic E-state index is -0.493. The molecule has 0 aliphatic carbocycles. The van der Waals surface area contributed by atoms with Gasteiger partial charge in [-0.05, 0) is 6.07 Å². The van der Waals surface area contributed by atoms with Gasteiger partial charge in [0.05, 0.1) is 18.3 Å². The highest BCUT2D eigenvalue weighted by Gasteiger charge is 2.22. The summed E-state index contributed by atoms with van der Waals surface area (Å²) >= 11 is 0. The van der Waals surface area contributed by atoms with E-state index in [9.17, 15) is 9.18 Å². The number of alkyl halides is 1. The first-order valence-electron chi connectivity index (χ1n) is 10.8. The number of aryl methyl sites for hydroxylation is 2. The van der Waals surface area contributed by atoms with E-state index in [1.807, 2.05) is 23.7 Å². The molecule has 178 valence electrons. The van der Waals surface area contributed by atoms with Crippen LogP contribution in [-0.2, 0) is 23.8 Å². The third-order valence-corrected chi connectivity index (χ3v) is 5.07. The van der Waals surface area contributed by atoms with E-state index < -0.39 is 6.67 Å². The number of halogens is 1. The first kappa shape index (κ1) is 23.1. The largest absolute Gasteiger partial charge is 0.455 e. The number of amides is 1. The van der Waals surface area contributed by atoms with Gasteiger partial charge < -0.3 is 19.9 Å². The molecule has 0 unspecified atom stereocenters. The first-order chi connectivity index (χ1) is 16.1. The van der Waals surface area contributed by atoms with Gasteiger partial charge in [-0.25, -0.2) is 14.4 Å². The number of rotatable bonds is 7. The van der Waals surface area contributed by atoms with Crippen molar-refractivity contribution in [1.29, 1.82) is 0 Å². The van der Waals surface area contributed by atoms with Gasteiger partial charge in [0, 0.05) is 49.5 Å². The molecule has 34 heavy (non-hydrogen) atoms. The van der Waals surface area contributed by atoms with Crippen LogP contribution in [0.4, 0.5) is 22.0 Å². The van der Waals surface area contributed by atoms with Crippen molar-refractivity contribution in [2.45, 2.75) is 39.7 Å². The third-order valence-electron chi connectivity index (χ3n) is 5.07. The van der Waals surface area contributed by atoms with Gasteiger partial charge in [0.25, 0.3) is 0 Å². The molecule has 0 radical (unpaired) electrons. The van der Waals surface area contributed by atoms with Crippen LogP contribution in [0, 0.1) is 0 Å². The Labute approximate surface area is 196 Å². The van der Waals surface area contributed by atoms with Gasteiger partial charge in [-0.1, -0.05) is 20.8 Å². The average Bonchev–Trinajstić information content (AvgIpc) is 3.29. The second kappa shape index (κ2) is 9.08. The number of anilines is 3. The Morgan fingerprint density at radius 2 is 1.94 bits per heavy atom. The maximum absolute atomic E-state index is 13.0. The lowest BCUT2D eigenvalue weighted by molar-refractivity contribution is -0.114. The van der Waals surface area contributed by atoms with E-state index in [1.165, 1.54) is 6.92 Å². The second-order valence-electron chi connectivity index (χ2n) is 8.87. The zero-order chi connectivity index (χ0) is 24.5. The molecule has 0 aliphatic heterocycles. The molecule has 4 rings (SSSR count). The molecule has 0 bridgehead atoms. The number of hydrogen-bond donors (Lipinski definition) is 2. The molecular weight excluding hydrogens is 439 g/mol. The summed E-state index contributed by atoms with van der Waals surface area (Å²) in [6, 6.07) is 7.04.